The van der Waals surface area contributed by atoms with E-state index in [9.17, 15) is 9.59 Å². The molecule has 1 amide bonds. The Balaban J connectivity index is 1.85. The third-order valence-corrected chi connectivity index (χ3v) is 3.30. The second-order valence-corrected chi connectivity index (χ2v) is 4.96. The molecule has 0 saturated heterocycles. The van der Waals surface area contributed by atoms with Gasteiger partial charge in [0.15, 0.2) is 0 Å². The number of hydrogen-bond acceptors (Lipinski definition) is 4. The van der Waals surface area contributed by atoms with Crippen LogP contribution in [0.15, 0.2) is 54.6 Å². The van der Waals surface area contributed by atoms with Crippen LogP contribution in [0, 0.1) is 0 Å². The van der Waals surface area contributed by atoms with E-state index in [1.165, 1.54) is 7.11 Å². The molecule has 0 unspecified atom stereocenters. The summed E-state index contributed by atoms with van der Waals surface area (Å²) >= 11 is 0. The number of carbonyl (C=O) groups is 2. The van der Waals surface area contributed by atoms with Gasteiger partial charge < -0.3 is 14.8 Å². The third kappa shape index (κ3) is 4.85. The molecule has 2 rings (SSSR count). The SMILES string of the molecule is COc1cccc(C(=O)NCC(=O)O[C@@H](C)c2ccccc2)c1. The molecule has 23 heavy (non-hydrogen) atoms. The van der Waals surface area contributed by atoms with E-state index >= 15 is 0 Å². The molecule has 5 heteroatoms. The molecule has 0 aliphatic rings. The lowest BCUT2D eigenvalue weighted by Gasteiger charge is -2.14. The number of benzene rings is 2. The highest BCUT2D eigenvalue weighted by atomic mass is 16.5. The summed E-state index contributed by atoms with van der Waals surface area (Å²) in [4.78, 5) is 23.8. The van der Waals surface area contributed by atoms with Crippen molar-refractivity contribution in [1.29, 1.82) is 0 Å². The molecule has 0 radical (unpaired) electrons. The Hall–Kier alpha value is -2.82. The van der Waals surface area contributed by atoms with Crippen molar-refractivity contribution < 1.29 is 19.1 Å². The lowest BCUT2D eigenvalue weighted by atomic mass is 10.1. The van der Waals surface area contributed by atoms with Crippen LogP contribution in [0.2, 0.25) is 0 Å². The zero-order valence-electron chi connectivity index (χ0n) is 13.1. The van der Waals surface area contributed by atoms with Gasteiger partial charge in [-0.15, -0.1) is 0 Å². The van der Waals surface area contributed by atoms with E-state index in [1.807, 2.05) is 30.3 Å². The van der Waals surface area contributed by atoms with Gasteiger partial charge in [0.2, 0.25) is 0 Å². The number of nitrogens with one attached hydrogen (secondary N) is 1. The third-order valence-electron chi connectivity index (χ3n) is 3.30. The first-order valence-electron chi connectivity index (χ1n) is 7.27. The van der Waals surface area contributed by atoms with Crippen LogP contribution in [0.1, 0.15) is 28.9 Å². The van der Waals surface area contributed by atoms with E-state index in [-0.39, 0.29) is 18.6 Å². The fourth-order valence-corrected chi connectivity index (χ4v) is 2.05. The van der Waals surface area contributed by atoms with Crippen LogP contribution in [-0.4, -0.2) is 25.5 Å². The summed E-state index contributed by atoms with van der Waals surface area (Å²) in [6.07, 6.45) is -0.363. The standard InChI is InChI=1S/C18H19NO4/c1-13(14-7-4-3-5-8-14)23-17(20)12-19-18(21)15-9-6-10-16(11-15)22-2/h3-11,13H,12H2,1-2H3,(H,19,21)/t13-/m0/s1. The number of rotatable bonds is 6. The van der Waals surface area contributed by atoms with Gasteiger partial charge >= 0.3 is 5.97 Å². The van der Waals surface area contributed by atoms with Gasteiger partial charge in [-0.25, -0.2) is 0 Å². The smallest absolute Gasteiger partial charge is 0.326 e. The van der Waals surface area contributed by atoms with Crippen molar-refractivity contribution in [2.75, 3.05) is 13.7 Å². The second-order valence-electron chi connectivity index (χ2n) is 4.96. The molecule has 0 fully saturated rings. The summed E-state index contributed by atoms with van der Waals surface area (Å²) in [7, 11) is 1.53. The first-order chi connectivity index (χ1) is 11.1. The average Bonchev–Trinajstić information content (AvgIpc) is 2.60. The van der Waals surface area contributed by atoms with E-state index in [4.69, 9.17) is 9.47 Å². The van der Waals surface area contributed by atoms with Gasteiger partial charge in [0, 0.05) is 5.56 Å². The van der Waals surface area contributed by atoms with Crippen molar-refractivity contribution in [2.45, 2.75) is 13.0 Å². The van der Waals surface area contributed by atoms with Crippen LogP contribution in [0.3, 0.4) is 0 Å². The molecule has 2 aromatic rings. The van der Waals surface area contributed by atoms with Gasteiger partial charge in [-0.2, -0.15) is 0 Å². The Morgan fingerprint density at radius 3 is 2.52 bits per heavy atom. The molecule has 1 atom stereocenters. The first kappa shape index (κ1) is 16.5. The van der Waals surface area contributed by atoms with E-state index in [2.05, 4.69) is 5.32 Å². The highest BCUT2D eigenvalue weighted by Gasteiger charge is 2.13. The van der Waals surface area contributed by atoms with Crippen LogP contribution in [0.25, 0.3) is 0 Å². The highest BCUT2D eigenvalue weighted by molar-refractivity contribution is 5.96. The van der Waals surface area contributed by atoms with Crippen LogP contribution in [-0.2, 0) is 9.53 Å². The van der Waals surface area contributed by atoms with Crippen molar-refractivity contribution in [3.05, 3.63) is 65.7 Å². The topological polar surface area (TPSA) is 64.6 Å². The average molecular weight is 313 g/mol. The molecule has 0 spiro atoms. The first-order valence-corrected chi connectivity index (χ1v) is 7.27. The van der Waals surface area contributed by atoms with Gasteiger partial charge in [0.05, 0.1) is 7.11 Å². The minimum atomic E-state index is -0.488. The normalized spacial score (nSPS) is 11.4. The van der Waals surface area contributed by atoms with Gasteiger partial charge in [-0.3, -0.25) is 9.59 Å². The lowest BCUT2D eigenvalue weighted by molar-refractivity contribution is -0.147. The summed E-state index contributed by atoms with van der Waals surface area (Å²) in [5.41, 5.74) is 1.33. The summed E-state index contributed by atoms with van der Waals surface area (Å²) in [6, 6.07) is 16.1. The Bertz CT molecular complexity index is 670. The monoisotopic (exact) mass is 313 g/mol. The molecule has 0 aliphatic carbocycles. The van der Waals surface area contributed by atoms with Crippen molar-refractivity contribution in [3.8, 4) is 5.75 Å². The van der Waals surface area contributed by atoms with Crippen molar-refractivity contribution in [2.24, 2.45) is 0 Å². The summed E-state index contributed by atoms with van der Waals surface area (Å²) in [6.45, 7) is 1.60. The van der Waals surface area contributed by atoms with E-state index in [0.29, 0.717) is 11.3 Å². The molecule has 2 aromatic carbocycles. The lowest BCUT2D eigenvalue weighted by Crippen LogP contribution is -2.31. The second kappa shape index (κ2) is 7.98. The highest BCUT2D eigenvalue weighted by Crippen LogP contribution is 2.16. The van der Waals surface area contributed by atoms with Crippen molar-refractivity contribution in [1.82, 2.24) is 5.32 Å². The van der Waals surface area contributed by atoms with Gasteiger partial charge in [0.25, 0.3) is 5.91 Å². The largest absolute Gasteiger partial charge is 0.497 e. The summed E-state index contributed by atoms with van der Waals surface area (Å²) in [5.74, 6) is -0.260. The Morgan fingerprint density at radius 2 is 1.83 bits per heavy atom. The molecular weight excluding hydrogens is 294 g/mol. The molecule has 0 bridgehead atoms. The predicted octanol–water partition coefficient (Wildman–Crippen LogP) is 2.73. The molecule has 120 valence electrons. The zero-order chi connectivity index (χ0) is 16.7. The zero-order valence-corrected chi connectivity index (χ0v) is 13.1. The van der Waals surface area contributed by atoms with E-state index < -0.39 is 5.97 Å². The van der Waals surface area contributed by atoms with Crippen LogP contribution in [0.5, 0.6) is 5.75 Å². The Labute approximate surface area is 135 Å². The fraction of sp³-hybridized carbons (Fsp3) is 0.222. The number of carbonyl (C=O) groups excluding carboxylic acids is 2. The molecule has 0 aliphatic heterocycles. The summed E-state index contributed by atoms with van der Waals surface area (Å²) in [5, 5.41) is 2.54. The number of amides is 1. The van der Waals surface area contributed by atoms with Crippen LogP contribution >= 0.6 is 0 Å². The van der Waals surface area contributed by atoms with E-state index in [1.54, 1.807) is 31.2 Å². The molecule has 0 aromatic heterocycles. The molecule has 0 heterocycles. The van der Waals surface area contributed by atoms with Crippen LogP contribution < -0.4 is 10.1 Å². The molecule has 5 nitrogen and oxygen atoms in total. The maximum atomic E-state index is 12.0. The minimum Gasteiger partial charge on any atom is -0.497 e. The number of esters is 1. The van der Waals surface area contributed by atoms with Gasteiger partial charge in [-0.1, -0.05) is 36.4 Å². The predicted molar refractivity (Wildman–Crippen MR) is 86.3 cm³/mol. The quantitative estimate of drug-likeness (QED) is 0.833. The van der Waals surface area contributed by atoms with Gasteiger partial charge in [-0.05, 0) is 30.7 Å². The van der Waals surface area contributed by atoms with E-state index in [0.717, 1.165) is 5.56 Å². The maximum absolute atomic E-state index is 12.0. The summed E-state index contributed by atoms with van der Waals surface area (Å²) < 4.78 is 10.3. The number of ether oxygens (including phenoxy) is 2. The van der Waals surface area contributed by atoms with Crippen molar-refractivity contribution >= 4 is 11.9 Å². The van der Waals surface area contributed by atoms with Crippen LogP contribution in [0.4, 0.5) is 0 Å². The maximum Gasteiger partial charge on any atom is 0.326 e. The van der Waals surface area contributed by atoms with Crippen molar-refractivity contribution in [3.63, 3.8) is 0 Å². The van der Waals surface area contributed by atoms with Gasteiger partial charge in [0.1, 0.15) is 18.4 Å². The molecule has 1 N–H and O–H groups in total. The fourth-order valence-electron chi connectivity index (χ4n) is 2.05. The molecular formula is C18H19NO4. The minimum absolute atomic E-state index is 0.187. The Morgan fingerprint density at radius 1 is 1.09 bits per heavy atom. The number of hydrogen-bond donors (Lipinski definition) is 1. The molecule has 0 saturated carbocycles. The number of methoxy groups -OCH3 is 1. The Kier molecular flexibility index (Phi) is 5.74.